The van der Waals surface area contributed by atoms with Gasteiger partial charge in [-0.05, 0) is 57.9 Å². The summed E-state index contributed by atoms with van der Waals surface area (Å²) in [6, 6.07) is 0. The van der Waals surface area contributed by atoms with Crippen LogP contribution in [0.4, 0.5) is 0 Å². The van der Waals surface area contributed by atoms with E-state index in [4.69, 9.17) is 0 Å². The van der Waals surface area contributed by atoms with E-state index in [0.29, 0.717) is 0 Å². The van der Waals surface area contributed by atoms with Crippen LogP contribution in [0.2, 0.25) is 0 Å². The summed E-state index contributed by atoms with van der Waals surface area (Å²) >= 11 is 0. The Labute approximate surface area is 94.3 Å². The van der Waals surface area contributed by atoms with Crippen molar-refractivity contribution < 1.29 is 4.79 Å². The average Bonchev–Trinajstić information content (AvgIpc) is 2.17. The summed E-state index contributed by atoms with van der Waals surface area (Å²) in [5.74, 6) is 0.747. The molecule has 86 valence electrons. The highest BCUT2D eigenvalue weighted by Gasteiger charge is 1.99. The van der Waals surface area contributed by atoms with Crippen molar-refractivity contribution in [2.75, 3.05) is 0 Å². The zero-order chi connectivity index (χ0) is 11.7. The maximum Gasteiger partial charge on any atom is 0.145 e. The molecule has 0 N–H and O–H groups in total. The molecule has 0 aromatic carbocycles. The van der Waals surface area contributed by atoms with Gasteiger partial charge in [0, 0.05) is 0 Å². The number of hydrogen-bond donors (Lipinski definition) is 0. The summed E-state index contributed by atoms with van der Waals surface area (Å²) in [6.07, 6.45) is 9.89. The van der Waals surface area contributed by atoms with Crippen LogP contribution in [-0.4, -0.2) is 6.29 Å². The van der Waals surface area contributed by atoms with Crippen molar-refractivity contribution in [2.45, 2.75) is 53.4 Å². The molecule has 0 bridgehead atoms. The van der Waals surface area contributed by atoms with Gasteiger partial charge < -0.3 is 0 Å². The fourth-order valence-electron chi connectivity index (χ4n) is 1.44. The minimum absolute atomic E-state index is 0.747. The van der Waals surface area contributed by atoms with E-state index < -0.39 is 0 Å². The molecule has 0 aromatic rings. The second kappa shape index (κ2) is 8.46. The lowest BCUT2D eigenvalue weighted by Crippen LogP contribution is -1.93. The lowest BCUT2D eigenvalue weighted by Gasteiger charge is -2.07. The highest BCUT2D eigenvalue weighted by atomic mass is 16.1. The fraction of sp³-hybridized carbons (Fsp3) is 0.643. The molecule has 0 aromatic heterocycles. The molecule has 0 aliphatic rings. The molecule has 0 saturated carbocycles. The first-order valence-electron chi connectivity index (χ1n) is 5.81. The minimum atomic E-state index is 0.747. The van der Waals surface area contributed by atoms with Crippen molar-refractivity contribution in [3.63, 3.8) is 0 Å². The summed E-state index contributed by atoms with van der Waals surface area (Å²) in [5, 5.41) is 0. The van der Waals surface area contributed by atoms with Gasteiger partial charge in [0.1, 0.15) is 6.29 Å². The van der Waals surface area contributed by atoms with Crippen molar-refractivity contribution in [1.29, 1.82) is 0 Å². The van der Waals surface area contributed by atoms with Crippen molar-refractivity contribution >= 4 is 6.29 Å². The molecule has 1 unspecified atom stereocenters. The third-order valence-electron chi connectivity index (χ3n) is 2.52. The van der Waals surface area contributed by atoms with Gasteiger partial charge in [-0.25, -0.2) is 0 Å². The summed E-state index contributed by atoms with van der Waals surface area (Å²) in [5.41, 5.74) is 2.25. The summed E-state index contributed by atoms with van der Waals surface area (Å²) in [7, 11) is 0. The van der Waals surface area contributed by atoms with Crippen molar-refractivity contribution in [3.8, 4) is 0 Å². The van der Waals surface area contributed by atoms with E-state index in [1.807, 2.05) is 13.0 Å². The average molecular weight is 208 g/mol. The Morgan fingerprint density at radius 1 is 1.07 bits per heavy atom. The first kappa shape index (κ1) is 14.2. The standard InChI is InChI=1S/C14H24O/c1-12(2)7-5-8-13(3)9-6-10-14(4)11-15/h7,10-11,13H,5-6,8-9H2,1-4H3. The molecule has 0 radical (unpaired) electrons. The number of carbonyl (C=O) groups excluding carboxylic acids is 1. The molecule has 0 aliphatic carbocycles. The van der Waals surface area contributed by atoms with Crippen LogP contribution in [-0.2, 0) is 4.79 Å². The quantitative estimate of drug-likeness (QED) is 0.346. The van der Waals surface area contributed by atoms with E-state index in [0.717, 1.165) is 24.2 Å². The molecule has 0 spiro atoms. The summed E-state index contributed by atoms with van der Waals surface area (Å²) < 4.78 is 0. The maximum absolute atomic E-state index is 10.4. The highest BCUT2D eigenvalue weighted by molar-refractivity contribution is 5.71. The number of aldehydes is 1. The zero-order valence-electron chi connectivity index (χ0n) is 10.5. The normalized spacial score (nSPS) is 13.5. The second-order valence-corrected chi connectivity index (χ2v) is 4.61. The van der Waals surface area contributed by atoms with Crippen LogP contribution < -0.4 is 0 Å². The molecular formula is C14H24O. The second-order valence-electron chi connectivity index (χ2n) is 4.61. The van der Waals surface area contributed by atoms with Crippen LogP contribution >= 0.6 is 0 Å². The van der Waals surface area contributed by atoms with E-state index in [2.05, 4.69) is 26.8 Å². The van der Waals surface area contributed by atoms with Gasteiger partial charge in [0.15, 0.2) is 0 Å². The SMILES string of the molecule is CC(C)=CCCC(C)CCC=C(C)C=O. The Morgan fingerprint density at radius 3 is 2.07 bits per heavy atom. The van der Waals surface area contributed by atoms with Crippen LogP contribution in [0.1, 0.15) is 53.4 Å². The van der Waals surface area contributed by atoms with Crippen LogP contribution in [0.3, 0.4) is 0 Å². The minimum Gasteiger partial charge on any atom is -0.298 e. The molecule has 0 saturated heterocycles. The van der Waals surface area contributed by atoms with Crippen LogP contribution in [0.25, 0.3) is 0 Å². The van der Waals surface area contributed by atoms with Crippen molar-refractivity contribution in [2.24, 2.45) is 5.92 Å². The van der Waals surface area contributed by atoms with Gasteiger partial charge in [0.05, 0.1) is 0 Å². The molecule has 0 rings (SSSR count). The zero-order valence-corrected chi connectivity index (χ0v) is 10.5. The Bertz CT molecular complexity index is 232. The van der Waals surface area contributed by atoms with Gasteiger partial charge in [-0.1, -0.05) is 24.6 Å². The molecule has 15 heavy (non-hydrogen) atoms. The first-order valence-corrected chi connectivity index (χ1v) is 5.81. The number of carbonyl (C=O) groups is 1. The summed E-state index contributed by atoms with van der Waals surface area (Å²) in [4.78, 5) is 10.4. The highest BCUT2D eigenvalue weighted by Crippen LogP contribution is 2.14. The van der Waals surface area contributed by atoms with Gasteiger partial charge in [-0.3, -0.25) is 4.79 Å². The van der Waals surface area contributed by atoms with Gasteiger partial charge in [-0.15, -0.1) is 0 Å². The maximum atomic E-state index is 10.4. The Morgan fingerprint density at radius 2 is 1.60 bits per heavy atom. The number of rotatable bonds is 7. The van der Waals surface area contributed by atoms with Gasteiger partial charge in [0.25, 0.3) is 0 Å². The predicted octanol–water partition coefficient (Wildman–Crippen LogP) is 4.29. The molecule has 1 nitrogen and oxygen atoms in total. The number of hydrogen-bond acceptors (Lipinski definition) is 1. The molecule has 0 amide bonds. The molecule has 1 heteroatoms. The molecular weight excluding hydrogens is 184 g/mol. The molecule has 0 aliphatic heterocycles. The molecule has 0 heterocycles. The molecule has 0 fully saturated rings. The van der Waals surface area contributed by atoms with E-state index >= 15 is 0 Å². The smallest absolute Gasteiger partial charge is 0.145 e. The van der Waals surface area contributed by atoms with E-state index in [1.165, 1.54) is 24.8 Å². The molecule has 1 atom stereocenters. The van der Waals surface area contributed by atoms with Gasteiger partial charge >= 0.3 is 0 Å². The first-order chi connectivity index (χ1) is 7.06. The summed E-state index contributed by atoms with van der Waals surface area (Å²) in [6.45, 7) is 8.42. The monoisotopic (exact) mass is 208 g/mol. The third kappa shape index (κ3) is 9.45. The topological polar surface area (TPSA) is 17.1 Å². The Kier molecular flexibility index (Phi) is 7.98. The van der Waals surface area contributed by atoms with Crippen LogP contribution in [0.15, 0.2) is 23.3 Å². The van der Waals surface area contributed by atoms with E-state index in [9.17, 15) is 4.79 Å². The number of allylic oxidation sites excluding steroid dienone is 4. The Hall–Kier alpha value is -0.850. The van der Waals surface area contributed by atoms with Crippen molar-refractivity contribution in [3.05, 3.63) is 23.3 Å². The van der Waals surface area contributed by atoms with Gasteiger partial charge in [0.2, 0.25) is 0 Å². The van der Waals surface area contributed by atoms with Crippen molar-refractivity contribution in [1.82, 2.24) is 0 Å². The van der Waals surface area contributed by atoms with E-state index in [-0.39, 0.29) is 0 Å². The van der Waals surface area contributed by atoms with E-state index in [1.54, 1.807) is 0 Å². The van der Waals surface area contributed by atoms with Crippen LogP contribution in [0.5, 0.6) is 0 Å². The predicted molar refractivity (Wildman–Crippen MR) is 66.9 cm³/mol. The van der Waals surface area contributed by atoms with Crippen LogP contribution in [0, 0.1) is 5.92 Å². The lowest BCUT2D eigenvalue weighted by molar-refractivity contribution is -0.104. The fourth-order valence-corrected chi connectivity index (χ4v) is 1.44. The Balaban J connectivity index is 3.62. The third-order valence-corrected chi connectivity index (χ3v) is 2.52. The van der Waals surface area contributed by atoms with Gasteiger partial charge in [-0.2, -0.15) is 0 Å². The largest absolute Gasteiger partial charge is 0.298 e. The lowest BCUT2D eigenvalue weighted by atomic mass is 9.98.